The number of para-hydroxylation sites is 2. The van der Waals surface area contributed by atoms with Gasteiger partial charge in [0.05, 0.1) is 24.2 Å². The Morgan fingerprint density at radius 3 is 2.59 bits per heavy atom. The third-order valence-electron chi connectivity index (χ3n) is 3.46. The zero-order valence-electron chi connectivity index (χ0n) is 11.9. The summed E-state index contributed by atoms with van der Waals surface area (Å²) in [7, 11) is -2.08. The quantitative estimate of drug-likeness (QED) is 0.917. The van der Waals surface area contributed by atoms with Gasteiger partial charge in [-0.05, 0) is 24.3 Å². The molecule has 1 aromatic heterocycles. The van der Waals surface area contributed by atoms with E-state index < -0.39 is 10.2 Å². The van der Waals surface area contributed by atoms with Crippen LogP contribution in [0.15, 0.2) is 47.1 Å². The number of nitrogens with one attached hydrogen (secondary N) is 1. The van der Waals surface area contributed by atoms with Gasteiger partial charge in [-0.1, -0.05) is 12.1 Å². The number of furan rings is 1. The lowest BCUT2D eigenvalue weighted by atomic mass is 10.2. The van der Waals surface area contributed by atoms with Crippen molar-refractivity contribution in [3.05, 3.63) is 48.4 Å². The van der Waals surface area contributed by atoms with Crippen LogP contribution >= 0.6 is 0 Å². The number of carbonyl (C=O) groups excluding carboxylic acids is 1. The van der Waals surface area contributed by atoms with Crippen molar-refractivity contribution >= 4 is 27.5 Å². The first-order valence-electron chi connectivity index (χ1n) is 6.69. The summed E-state index contributed by atoms with van der Waals surface area (Å²) >= 11 is 0. The van der Waals surface area contributed by atoms with E-state index in [1.54, 1.807) is 36.4 Å². The molecule has 0 fully saturated rings. The van der Waals surface area contributed by atoms with Gasteiger partial charge >= 0.3 is 10.2 Å². The molecule has 1 N–H and O–H groups in total. The van der Waals surface area contributed by atoms with Crippen molar-refractivity contribution in [3.8, 4) is 0 Å². The average Bonchev–Trinajstić information content (AvgIpc) is 3.10. The molecule has 2 aromatic rings. The van der Waals surface area contributed by atoms with E-state index in [-0.39, 0.29) is 24.8 Å². The summed E-state index contributed by atoms with van der Waals surface area (Å²) in [6.07, 6.45) is 1.41. The summed E-state index contributed by atoms with van der Waals surface area (Å²) < 4.78 is 32.2. The Kier molecular flexibility index (Phi) is 3.53. The molecule has 0 atom stereocenters. The molecule has 8 heteroatoms. The molecule has 1 aliphatic heterocycles. The lowest BCUT2D eigenvalue weighted by Crippen LogP contribution is -2.40. The van der Waals surface area contributed by atoms with Crippen LogP contribution in [0.2, 0.25) is 0 Å². The third kappa shape index (κ3) is 2.31. The predicted molar refractivity (Wildman–Crippen MR) is 82.2 cm³/mol. The minimum Gasteiger partial charge on any atom is -0.459 e. The first-order chi connectivity index (χ1) is 10.5. The highest BCUT2D eigenvalue weighted by Gasteiger charge is 2.37. The van der Waals surface area contributed by atoms with E-state index in [0.29, 0.717) is 11.4 Å². The molecule has 22 heavy (non-hydrogen) atoms. The van der Waals surface area contributed by atoms with Gasteiger partial charge in [-0.2, -0.15) is 8.42 Å². The van der Waals surface area contributed by atoms with Gasteiger partial charge in [0.1, 0.15) is 0 Å². The minimum absolute atomic E-state index is 0.149. The number of nitrogens with zero attached hydrogens (tertiary/aromatic N) is 2. The summed E-state index contributed by atoms with van der Waals surface area (Å²) in [5.74, 6) is -0.176. The number of fused-ring (bicyclic) bond motifs is 1. The van der Waals surface area contributed by atoms with Gasteiger partial charge in [-0.15, -0.1) is 0 Å². The Labute approximate surface area is 128 Å². The molecule has 1 aromatic carbocycles. The van der Waals surface area contributed by atoms with Crippen molar-refractivity contribution in [1.29, 1.82) is 0 Å². The van der Waals surface area contributed by atoms with Crippen molar-refractivity contribution in [1.82, 2.24) is 5.32 Å². The number of rotatable bonds is 4. The van der Waals surface area contributed by atoms with Gasteiger partial charge in [-0.3, -0.25) is 9.10 Å². The monoisotopic (exact) mass is 321 g/mol. The molecule has 0 bridgehead atoms. The highest BCUT2D eigenvalue weighted by molar-refractivity contribution is 7.94. The maximum Gasteiger partial charge on any atom is 0.326 e. The Balaban J connectivity index is 1.71. The van der Waals surface area contributed by atoms with Crippen LogP contribution in [-0.4, -0.2) is 34.5 Å². The standard InChI is InChI=1S/C14H15N3O4S/c1-16-11-5-2-3-6-12(11)17(22(16,19)20)9-8-15-14(18)13-7-4-10-21-13/h2-7,10H,8-9H2,1H3,(H,15,18). The Morgan fingerprint density at radius 1 is 1.18 bits per heavy atom. The topological polar surface area (TPSA) is 82.9 Å². The van der Waals surface area contributed by atoms with Gasteiger partial charge in [-0.25, -0.2) is 4.31 Å². The number of hydrogen-bond donors (Lipinski definition) is 1. The molecule has 0 spiro atoms. The highest BCUT2D eigenvalue weighted by Crippen LogP contribution is 2.38. The summed E-state index contributed by atoms with van der Waals surface area (Å²) in [6, 6.07) is 10.2. The minimum atomic E-state index is -3.58. The molecule has 3 rings (SSSR count). The van der Waals surface area contributed by atoms with E-state index in [9.17, 15) is 13.2 Å². The maximum absolute atomic E-state index is 12.4. The number of amides is 1. The fraction of sp³-hybridized carbons (Fsp3) is 0.214. The fourth-order valence-corrected chi connectivity index (χ4v) is 3.76. The van der Waals surface area contributed by atoms with Crippen LogP contribution in [0, 0.1) is 0 Å². The maximum atomic E-state index is 12.4. The molecule has 0 radical (unpaired) electrons. The summed E-state index contributed by atoms with van der Waals surface area (Å²) in [5.41, 5.74) is 1.23. The molecule has 0 saturated heterocycles. The van der Waals surface area contributed by atoms with Gasteiger partial charge < -0.3 is 9.73 Å². The van der Waals surface area contributed by atoms with Gasteiger partial charge in [0.15, 0.2) is 5.76 Å². The lowest BCUT2D eigenvalue weighted by Gasteiger charge is -2.19. The molecule has 1 amide bonds. The van der Waals surface area contributed by atoms with E-state index in [4.69, 9.17) is 4.42 Å². The Morgan fingerprint density at radius 2 is 1.91 bits per heavy atom. The molecule has 0 aliphatic carbocycles. The van der Waals surface area contributed by atoms with E-state index >= 15 is 0 Å². The van der Waals surface area contributed by atoms with E-state index in [0.717, 1.165) is 0 Å². The third-order valence-corrected chi connectivity index (χ3v) is 5.28. The van der Waals surface area contributed by atoms with Crippen molar-refractivity contribution in [2.45, 2.75) is 0 Å². The molecule has 116 valence electrons. The first kappa shape index (κ1) is 14.5. The van der Waals surface area contributed by atoms with Crippen LogP contribution in [0.25, 0.3) is 0 Å². The largest absolute Gasteiger partial charge is 0.459 e. The van der Waals surface area contributed by atoms with Crippen molar-refractivity contribution in [2.75, 3.05) is 28.7 Å². The molecule has 1 aliphatic rings. The smallest absolute Gasteiger partial charge is 0.326 e. The molecular formula is C14H15N3O4S. The number of hydrogen-bond acceptors (Lipinski definition) is 4. The van der Waals surface area contributed by atoms with Crippen molar-refractivity contribution in [3.63, 3.8) is 0 Å². The van der Waals surface area contributed by atoms with Crippen molar-refractivity contribution < 1.29 is 17.6 Å². The second-order valence-corrected chi connectivity index (χ2v) is 6.65. The molecule has 2 heterocycles. The highest BCUT2D eigenvalue weighted by atomic mass is 32.2. The van der Waals surface area contributed by atoms with Crippen LogP contribution in [0.4, 0.5) is 11.4 Å². The second kappa shape index (κ2) is 5.38. The van der Waals surface area contributed by atoms with Crippen LogP contribution in [0.1, 0.15) is 10.6 Å². The fourth-order valence-electron chi connectivity index (χ4n) is 2.34. The summed E-state index contributed by atoms with van der Waals surface area (Å²) in [5, 5.41) is 2.64. The number of carbonyl (C=O) groups is 1. The molecule has 0 unspecified atom stereocenters. The second-order valence-electron chi connectivity index (χ2n) is 4.77. The normalized spacial score (nSPS) is 15.7. The van der Waals surface area contributed by atoms with E-state index in [1.165, 1.54) is 21.9 Å². The zero-order valence-corrected chi connectivity index (χ0v) is 12.7. The summed E-state index contributed by atoms with van der Waals surface area (Å²) in [4.78, 5) is 11.8. The van der Waals surface area contributed by atoms with Crippen LogP contribution in [0.5, 0.6) is 0 Å². The van der Waals surface area contributed by atoms with Gasteiger partial charge in [0.25, 0.3) is 5.91 Å². The Hall–Kier alpha value is -2.48. The summed E-state index contributed by atoms with van der Waals surface area (Å²) in [6.45, 7) is 0.330. The van der Waals surface area contributed by atoms with Crippen LogP contribution < -0.4 is 13.9 Å². The van der Waals surface area contributed by atoms with Crippen molar-refractivity contribution in [2.24, 2.45) is 0 Å². The van der Waals surface area contributed by atoms with E-state index in [1.807, 2.05) is 0 Å². The van der Waals surface area contributed by atoms with E-state index in [2.05, 4.69) is 5.32 Å². The Bertz CT molecular complexity index is 786. The molecular weight excluding hydrogens is 306 g/mol. The molecule has 0 saturated carbocycles. The van der Waals surface area contributed by atoms with Crippen LogP contribution in [-0.2, 0) is 10.2 Å². The number of benzene rings is 1. The van der Waals surface area contributed by atoms with Gasteiger partial charge in [0, 0.05) is 13.6 Å². The SMILES string of the molecule is CN1c2ccccc2N(CCNC(=O)c2ccco2)S1(=O)=O. The van der Waals surface area contributed by atoms with Crippen LogP contribution in [0.3, 0.4) is 0 Å². The lowest BCUT2D eigenvalue weighted by molar-refractivity contribution is 0.0927. The predicted octanol–water partition coefficient (Wildman–Crippen LogP) is 1.21. The average molecular weight is 321 g/mol. The molecule has 7 nitrogen and oxygen atoms in total. The number of anilines is 2. The zero-order chi connectivity index (χ0) is 15.7. The first-order valence-corrected chi connectivity index (χ1v) is 8.09. The van der Waals surface area contributed by atoms with Gasteiger partial charge in [0.2, 0.25) is 0 Å².